The molecule has 8 nitrogen and oxygen atoms in total. The van der Waals surface area contributed by atoms with Crippen molar-refractivity contribution in [3.05, 3.63) is 11.9 Å². The van der Waals surface area contributed by atoms with Gasteiger partial charge in [0.2, 0.25) is 15.9 Å². The van der Waals surface area contributed by atoms with E-state index in [-0.39, 0.29) is 16.7 Å². The summed E-state index contributed by atoms with van der Waals surface area (Å²) in [5, 5.41) is 4.14. The highest BCUT2D eigenvalue weighted by atomic mass is 32.2. The lowest BCUT2D eigenvalue weighted by atomic mass is 9.96. The number of hydrogen-bond donors (Lipinski definition) is 0. The average molecular weight is 370 g/mol. The van der Waals surface area contributed by atoms with Crippen LogP contribution in [0.25, 0.3) is 0 Å². The number of ether oxygens (including phenoxy) is 1. The summed E-state index contributed by atoms with van der Waals surface area (Å²) in [6, 6.07) is 0. The molecule has 1 amide bonds. The van der Waals surface area contributed by atoms with Gasteiger partial charge in [0.05, 0.1) is 25.1 Å². The molecule has 0 bridgehead atoms. The molecule has 25 heavy (non-hydrogen) atoms. The fourth-order valence-electron chi connectivity index (χ4n) is 3.53. The molecule has 0 aliphatic carbocycles. The van der Waals surface area contributed by atoms with Crippen LogP contribution >= 0.6 is 0 Å². The second-order valence-corrected chi connectivity index (χ2v) is 8.43. The molecule has 1 aromatic rings. The number of aryl methyl sites for hydroxylation is 1. The molecule has 0 unspecified atom stereocenters. The van der Waals surface area contributed by atoms with Crippen molar-refractivity contribution in [2.45, 2.75) is 38.1 Å². The van der Waals surface area contributed by atoms with Crippen LogP contribution in [0.15, 0.2) is 11.1 Å². The highest BCUT2D eigenvalue weighted by molar-refractivity contribution is 7.89. The fourth-order valence-corrected chi connectivity index (χ4v) is 5.15. The lowest BCUT2D eigenvalue weighted by molar-refractivity contribution is -0.140. The molecule has 0 atom stereocenters. The Kier molecular flexibility index (Phi) is 5.45. The van der Waals surface area contributed by atoms with Gasteiger partial charge in [-0.05, 0) is 26.7 Å². The number of piperidine rings is 1. The molecule has 3 rings (SSSR count). The predicted molar refractivity (Wildman–Crippen MR) is 91.5 cm³/mol. The van der Waals surface area contributed by atoms with E-state index in [1.54, 1.807) is 11.6 Å². The maximum atomic E-state index is 12.9. The zero-order valence-corrected chi connectivity index (χ0v) is 15.7. The van der Waals surface area contributed by atoms with Gasteiger partial charge in [-0.15, -0.1) is 0 Å². The molecule has 140 valence electrons. The Morgan fingerprint density at radius 1 is 1.24 bits per heavy atom. The van der Waals surface area contributed by atoms with Crippen LogP contribution in [0, 0.1) is 12.8 Å². The van der Waals surface area contributed by atoms with Gasteiger partial charge in [0.15, 0.2) is 0 Å². The van der Waals surface area contributed by atoms with Gasteiger partial charge in [-0.25, -0.2) is 8.42 Å². The minimum Gasteiger partial charge on any atom is -0.378 e. The Balaban J connectivity index is 1.65. The van der Waals surface area contributed by atoms with Crippen LogP contribution in [-0.2, 0) is 26.1 Å². The summed E-state index contributed by atoms with van der Waals surface area (Å²) in [4.78, 5) is 14.7. The van der Waals surface area contributed by atoms with E-state index in [1.165, 1.54) is 10.5 Å². The van der Waals surface area contributed by atoms with E-state index in [1.807, 2.05) is 11.8 Å². The van der Waals surface area contributed by atoms with Crippen LogP contribution in [0.2, 0.25) is 0 Å². The van der Waals surface area contributed by atoms with E-state index in [2.05, 4.69) is 5.10 Å². The van der Waals surface area contributed by atoms with Crippen LogP contribution in [0.1, 0.15) is 25.5 Å². The van der Waals surface area contributed by atoms with Crippen LogP contribution in [0.4, 0.5) is 0 Å². The molecule has 2 saturated heterocycles. The van der Waals surface area contributed by atoms with Crippen molar-refractivity contribution in [3.63, 3.8) is 0 Å². The summed E-state index contributed by atoms with van der Waals surface area (Å²) < 4.78 is 34.2. The average Bonchev–Trinajstić information content (AvgIpc) is 3.03. The number of hydrogen-bond acceptors (Lipinski definition) is 5. The third-order valence-corrected chi connectivity index (χ3v) is 7.10. The molecule has 0 saturated carbocycles. The summed E-state index contributed by atoms with van der Waals surface area (Å²) >= 11 is 0. The number of amides is 1. The Morgan fingerprint density at radius 3 is 2.44 bits per heavy atom. The highest BCUT2D eigenvalue weighted by Crippen LogP contribution is 2.26. The third kappa shape index (κ3) is 3.58. The maximum absolute atomic E-state index is 12.9. The minimum atomic E-state index is -3.55. The lowest BCUT2D eigenvalue weighted by Crippen LogP contribution is -2.47. The maximum Gasteiger partial charge on any atom is 0.246 e. The van der Waals surface area contributed by atoms with Crippen molar-refractivity contribution < 1.29 is 17.9 Å². The Bertz CT molecular complexity index is 716. The van der Waals surface area contributed by atoms with Gasteiger partial charge in [-0.1, -0.05) is 0 Å². The van der Waals surface area contributed by atoms with E-state index < -0.39 is 10.0 Å². The normalized spacial score (nSPS) is 20.8. The van der Waals surface area contributed by atoms with Crippen molar-refractivity contribution in [2.24, 2.45) is 5.92 Å². The minimum absolute atomic E-state index is 0.0935. The monoisotopic (exact) mass is 370 g/mol. The summed E-state index contributed by atoms with van der Waals surface area (Å²) in [7, 11) is -3.55. The van der Waals surface area contributed by atoms with E-state index >= 15 is 0 Å². The highest BCUT2D eigenvalue weighted by Gasteiger charge is 2.35. The zero-order valence-electron chi connectivity index (χ0n) is 14.8. The molecule has 3 heterocycles. The fraction of sp³-hybridized carbons (Fsp3) is 0.750. The van der Waals surface area contributed by atoms with Gasteiger partial charge in [0, 0.05) is 38.6 Å². The van der Waals surface area contributed by atoms with Gasteiger partial charge in [0.1, 0.15) is 4.90 Å². The number of rotatable bonds is 4. The summed E-state index contributed by atoms with van der Waals surface area (Å²) in [6.45, 7) is 7.52. The molecule has 0 radical (unpaired) electrons. The summed E-state index contributed by atoms with van der Waals surface area (Å²) in [5.41, 5.74) is 0.661. The van der Waals surface area contributed by atoms with Crippen LogP contribution in [-0.4, -0.2) is 72.7 Å². The first-order valence-electron chi connectivity index (χ1n) is 8.84. The van der Waals surface area contributed by atoms with Crippen molar-refractivity contribution in [2.75, 3.05) is 39.4 Å². The third-order valence-electron chi connectivity index (χ3n) is 5.10. The van der Waals surface area contributed by atoms with Gasteiger partial charge in [-0.2, -0.15) is 9.40 Å². The Morgan fingerprint density at radius 2 is 1.88 bits per heavy atom. The number of aromatic nitrogens is 2. The predicted octanol–water partition coefficient (Wildman–Crippen LogP) is 0.471. The molecule has 0 spiro atoms. The summed E-state index contributed by atoms with van der Waals surface area (Å²) in [5.74, 6) is 0.0411. The molecule has 2 aliphatic heterocycles. The lowest BCUT2D eigenvalue weighted by Gasteiger charge is -2.35. The Labute approximate surface area is 148 Å². The number of carbonyl (C=O) groups excluding carboxylic acids is 1. The van der Waals surface area contributed by atoms with E-state index in [0.29, 0.717) is 64.5 Å². The van der Waals surface area contributed by atoms with E-state index in [4.69, 9.17) is 4.74 Å². The topological polar surface area (TPSA) is 84.7 Å². The summed E-state index contributed by atoms with van der Waals surface area (Å²) in [6.07, 6.45) is 2.56. The molecule has 9 heteroatoms. The quantitative estimate of drug-likeness (QED) is 0.769. The van der Waals surface area contributed by atoms with E-state index in [9.17, 15) is 13.2 Å². The zero-order chi connectivity index (χ0) is 18.0. The smallest absolute Gasteiger partial charge is 0.246 e. The molecule has 2 fully saturated rings. The molecular formula is C16H26N4O4S. The molecule has 0 N–H and O–H groups in total. The van der Waals surface area contributed by atoms with Crippen LogP contribution in [0.5, 0.6) is 0 Å². The van der Waals surface area contributed by atoms with Crippen molar-refractivity contribution >= 4 is 15.9 Å². The van der Waals surface area contributed by atoms with Crippen molar-refractivity contribution in [1.82, 2.24) is 19.0 Å². The molecular weight excluding hydrogens is 344 g/mol. The van der Waals surface area contributed by atoms with Crippen molar-refractivity contribution in [1.29, 1.82) is 0 Å². The Hall–Kier alpha value is -1.45. The first-order chi connectivity index (χ1) is 11.9. The number of nitrogens with zero attached hydrogens (tertiary/aromatic N) is 4. The first kappa shape index (κ1) is 18.3. The standard InChI is InChI=1S/C16H26N4O4S/c1-3-20-13(2)15(12-17-20)25(22,23)19-6-4-14(5-7-19)16(21)18-8-10-24-11-9-18/h12,14H,3-11H2,1-2H3. The first-order valence-corrected chi connectivity index (χ1v) is 10.3. The van der Waals surface area contributed by atoms with Gasteiger partial charge in [0.25, 0.3) is 0 Å². The van der Waals surface area contributed by atoms with Crippen LogP contribution < -0.4 is 0 Å². The molecule has 2 aliphatic rings. The number of morpholine rings is 1. The number of sulfonamides is 1. The number of carbonyl (C=O) groups is 1. The van der Waals surface area contributed by atoms with Gasteiger partial charge >= 0.3 is 0 Å². The van der Waals surface area contributed by atoms with Crippen molar-refractivity contribution in [3.8, 4) is 0 Å². The van der Waals surface area contributed by atoms with Gasteiger partial charge < -0.3 is 9.64 Å². The molecule has 0 aromatic carbocycles. The SMILES string of the molecule is CCn1ncc(S(=O)(=O)N2CCC(C(=O)N3CCOCC3)CC2)c1C. The second-order valence-electron chi connectivity index (χ2n) is 6.53. The van der Waals surface area contributed by atoms with Gasteiger partial charge in [-0.3, -0.25) is 9.48 Å². The second kappa shape index (κ2) is 7.43. The molecule has 1 aromatic heterocycles. The van der Waals surface area contributed by atoms with E-state index in [0.717, 1.165) is 0 Å². The van der Waals surface area contributed by atoms with Crippen LogP contribution in [0.3, 0.4) is 0 Å². The largest absolute Gasteiger partial charge is 0.378 e.